The fourth-order valence-corrected chi connectivity index (χ4v) is 3.09. The Balaban J connectivity index is 1.77. The molecule has 1 aromatic carbocycles. The third-order valence-electron chi connectivity index (χ3n) is 3.92. The predicted octanol–water partition coefficient (Wildman–Crippen LogP) is 2.23. The first-order valence-corrected chi connectivity index (χ1v) is 9.10. The second kappa shape index (κ2) is 6.59. The molecule has 2 rings (SSSR count). The van der Waals surface area contributed by atoms with E-state index in [1.807, 2.05) is 12.1 Å². The van der Waals surface area contributed by atoms with Crippen LogP contribution in [0.4, 0.5) is 5.69 Å². The average Bonchev–Trinajstić information content (AvgIpc) is 2.41. The number of hydrogen-bond donors (Lipinski definition) is 1. The summed E-state index contributed by atoms with van der Waals surface area (Å²) in [7, 11) is -3.10. The fourth-order valence-electron chi connectivity index (χ4n) is 2.46. The molecule has 112 valence electrons. The number of nitrogens with one attached hydrogen (secondary N) is 1. The van der Waals surface area contributed by atoms with Crippen molar-refractivity contribution in [2.75, 3.05) is 37.8 Å². The van der Waals surface area contributed by atoms with Gasteiger partial charge in [-0.15, -0.1) is 0 Å². The molecule has 1 saturated heterocycles. The molecule has 0 unspecified atom stereocenters. The Kier molecular flexibility index (Phi) is 5.05. The van der Waals surface area contributed by atoms with Gasteiger partial charge in [-0.25, -0.2) is 8.42 Å². The summed E-state index contributed by atoms with van der Waals surface area (Å²) in [6.45, 7) is 6.64. The van der Waals surface area contributed by atoms with Crippen LogP contribution < -0.4 is 5.32 Å². The van der Waals surface area contributed by atoms with E-state index in [1.54, 1.807) is 12.1 Å². The molecular weight excluding hydrogens is 272 g/mol. The number of piperidine rings is 1. The molecule has 1 N–H and O–H groups in total. The van der Waals surface area contributed by atoms with Crippen LogP contribution >= 0.6 is 0 Å². The summed E-state index contributed by atoms with van der Waals surface area (Å²) in [6, 6.07) is 6.96. The van der Waals surface area contributed by atoms with Crippen LogP contribution in [0.2, 0.25) is 0 Å². The average molecular weight is 296 g/mol. The minimum atomic E-state index is -3.10. The summed E-state index contributed by atoms with van der Waals surface area (Å²) >= 11 is 0. The van der Waals surface area contributed by atoms with Crippen molar-refractivity contribution in [3.8, 4) is 0 Å². The lowest BCUT2D eigenvalue weighted by Gasteiger charge is -2.30. The Labute approximate surface area is 122 Å². The maximum Gasteiger partial charge on any atom is 0.175 e. The lowest BCUT2D eigenvalue weighted by Crippen LogP contribution is -2.36. The van der Waals surface area contributed by atoms with Crippen molar-refractivity contribution < 1.29 is 8.42 Å². The van der Waals surface area contributed by atoms with Crippen LogP contribution in [0.25, 0.3) is 0 Å². The number of sulfone groups is 1. The molecular formula is C15H24N2O2S. The van der Waals surface area contributed by atoms with Gasteiger partial charge in [0.15, 0.2) is 9.84 Å². The van der Waals surface area contributed by atoms with Gasteiger partial charge in [0, 0.05) is 25.0 Å². The minimum Gasteiger partial charge on any atom is -0.384 e. The highest BCUT2D eigenvalue weighted by Crippen LogP contribution is 2.16. The molecule has 1 aromatic rings. The number of nitrogens with zero attached hydrogens (tertiary/aromatic N) is 1. The molecule has 0 aromatic heterocycles. The van der Waals surface area contributed by atoms with Crippen LogP contribution in [-0.2, 0) is 9.84 Å². The van der Waals surface area contributed by atoms with Crippen molar-refractivity contribution >= 4 is 15.5 Å². The predicted molar refractivity (Wildman–Crippen MR) is 82.9 cm³/mol. The summed E-state index contributed by atoms with van der Waals surface area (Å²) in [4.78, 5) is 2.85. The Bertz CT molecular complexity index is 517. The zero-order chi connectivity index (χ0) is 14.6. The quantitative estimate of drug-likeness (QED) is 0.905. The van der Waals surface area contributed by atoms with Crippen molar-refractivity contribution in [1.29, 1.82) is 0 Å². The highest BCUT2D eigenvalue weighted by atomic mass is 32.2. The van der Waals surface area contributed by atoms with E-state index in [0.29, 0.717) is 4.90 Å². The summed E-state index contributed by atoms with van der Waals surface area (Å²) in [5, 5.41) is 3.35. The van der Waals surface area contributed by atoms with Gasteiger partial charge in [-0.3, -0.25) is 0 Å². The standard InChI is InChI=1S/C15H24N2O2S/c1-13-7-10-17(11-8-13)12-9-16-14-3-5-15(6-4-14)20(2,18)19/h3-6,13,16H,7-12H2,1-2H3. The Morgan fingerprint density at radius 3 is 2.35 bits per heavy atom. The van der Waals surface area contributed by atoms with E-state index in [2.05, 4.69) is 17.1 Å². The van der Waals surface area contributed by atoms with Crippen LogP contribution in [0.1, 0.15) is 19.8 Å². The SMILES string of the molecule is CC1CCN(CCNc2ccc(S(C)(=O)=O)cc2)CC1. The fraction of sp³-hybridized carbons (Fsp3) is 0.600. The van der Waals surface area contributed by atoms with Gasteiger partial charge < -0.3 is 10.2 Å². The van der Waals surface area contributed by atoms with E-state index in [-0.39, 0.29) is 0 Å². The molecule has 4 nitrogen and oxygen atoms in total. The van der Waals surface area contributed by atoms with Crippen molar-refractivity contribution in [1.82, 2.24) is 4.90 Å². The molecule has 1 aliphatic rings. The zero-order valence-electron chi connectivity index (χ0n) is 12.3. The third-order valence-corrected chi connectivity index (χ3v) is 5.04. The van der Waals surface area contributed by atoms with Gasteiger partial charge >= 0.3 is 0 Å². The van der Waals surface area contributed by atoms with E-state index in [0.717, 1.165) is 24.7 Å². The molecule has 0 aliphatic carbocycles. The normalized spacial score (nSPS) is 18.1. The van der Waals surface area contributed by atoms with Gasteiger partial charge in [-0.2, -0.15) is 0 Å². The van der Waals surface area contributed by atoms with Gasteiger partial charge in [0.05, 0.1) is 4.90 Å². The molecule has 0 atom stereocenters. The third kappa shape index (κ3) is 4.49. The summed E-state index contributed by atoms with van der Waals surface area (Å²) in [5.74, 6) is 0.864. The van der Waals surface area contributed by atoms with Crippen LogP contribution in [0.3, 0.4) is 0 Å². The largest absolute Gasteiger partial charge is 0.384 e. The molecule has 0 bridgehead atoms. The molecule has 1 fully saturated rings. The van der Waals surface area contributed by atoms with E-state index in [4.69, 9.17) is 0 Å². The van der Waals surface area contributed by atoms with Crippen molar-refractivity contribution in [2.45, 2.75) is 24.7 Å². The van der Waals surface area contributed by atoms with Gasteiger partial charge in [-0.1, -0.05) is 6.92 Å². The highest BCUT2D eigenvalue weighted by Gasteiger charge is 2.14. The molecule has 20 heavy (non-hydrogen) atoms. The minimum absolute atomic E-state index is 0.369. The molecule has 1 aliphatic heterocycles. The van der Waals surface area contributed by atoms with Crippen LogP contribution in [-0.4, -0.2) is 45.8 Å². The lowest BCUT2D eigenvalue weighted by molar-refractivity contribution is 0.199. The first-order chi connectivity index (χ1) is 9.45. The summed E-state index contributed by atoms with van der Waals surface area (Å²) in [6.07, 6.45) is 3.82. The van der Waals surface area contributed by atoms with Gasteiger partial charge in [0.25, 0.3) is 0 Å². The molecule has 0 spiro atoms. The van der Waals surface area contributed by atoms with Crippen LogP contribution in [0, 0.1) is 5.92 Å². The molecule has 0 radical (unpaired) electrons. The lowest BCUT2D eigenvalue weighted by atomic mass is 9.99. The second-order valence-electron chi connectivity index (χ2n) is 5.75. The topological polar surface area (TPSA) is 49.4 Å². The van der Waals surface area contributed by atoms with Crippen molar-refractivity contribution in [3.05, 3.63) is 24.3 Å². The number of hydrogen-bond acceptors (Lipinski definition) is 4. The molecule has 0 amide bonds. The van der Waals surface area contributed by atoms with Gasteiger partial charge in [-0.05, 0) is 56.1 Å². The number of likely N-dealkylation sites (tertiary alicyclic amines) is 1. The smallest absolute Gasteiger partial charge is 0.175 e. The number of benzene rings is 1. The zero-order valence-corrected chi connectivity index (χ0v) is 13.1. The van der Waals surface area contributed by atoms with E-state index in [9.17, 15) is 8.42 Å². The summed E-state index contributed by atoms with van der Waals surface area (Å²) in [5.41, 5.74) is 0.975. The molecule has 0 saturated carbocycles. The van der Waals surface area contributed by atoms with Gasteiger partial charge in [0.1, 0.15) is 0 Å². The maximum absolute atomic E-state index is 11.4. The van der Waals surface area contributed by atoms with E-state index >= 15 is 0 Å². The first-order valence-electron chi connectivity index (χ1n) is 7.21. The van der Waals surface area contributed by atoms with Crippen LogP contribution in [0.15, 0.2) is 29.2 Å². The Morgan fingerprint density at radius 2 is 1.80 bits per heavy atom. The molecule has 1 heterocycles. The molecule has 5 heteroatoms. The Morgan fingerprint density at radius 1 is 1.20 bits per heavy atom. The maximum atomic E-state index is 11.4. The van der Waals surface area contributed by atoms with Gasteiger partial charge in [0.2, 0.25) is 0 Å². The first kappa shape index (κ1) is 15.3. The highest BCUT2D eigenvalue weighted by molar-refractivity contribution is 7.90. The Hall–Kier alpha value is -1.07. The van der Waals surface area contributed by atoms with Crippen LogP contribution in [0.5, 0.6) is 0 Å². The van der Waals surface area contributed by atoms with Crippen molar-refractivity contribution in [2.24, 2.45) is 5.92 Å². The van der Waals surface area contributed by atoms with E-state index < -0.39 is 9.84 Å². The number of rotatable bonds is 5. The van der Waals surface area contributed by atoms with E-state index in [1.165, 1.54) is 32.2 Å². The summed E-state index contributed by atoms with van der Waals surface area (Å²) < 4.78 is 22.7. The monoisotopic (exact) mass is 296 g/mol. The number of anilines is 1. The second-order valence-corrected chi connectivity index (χ2v) is 7.76. The van der Waals surface area contributed by atoms with Crippen molar-refractivity contribution in [3.63, 3.8) is 0 Å².